The Balaban J connectivity index is 4.22. The second-order valence-electron chi connectivity index (χ2n) is 1.85. The van der Waals surface area contributed by atoms with Crippen LogP contribution in [0.3, 0.4) is 0 Å². The highest BCUT2D eigenvalue weighted by Gasteiger charge is 2.22. The van der Waals surface area contributed by atoms with E-state index in [9.17, 15) is 13.2 Å². The zero-order valence-electron chi connectivity index (χ0n) is 6.61. The molecule has 4 heteroatoms. The van der Waals surface area contributed by atoms with Crippen LogP contribution in [0.2, 0.25) is 0 Å². The lowest BCUT2D eigenvalue weighted by molar-refractivity contribution is -0.0800. The van der Waals surface area contributed by atoms with Gasteiger partial charge in [0.05, 0.1) is 6.61 Å². The van der Waals surface area contributed by atoms with Gasteiger partial charge >= 0.3 is 6.18 Å². The second kappa shape index (κ2) is 4.67. The van der Waals surface area contributed by atoms with E-state index < -0.39 is 6.18 Å². The van der Waals surface area contributed by atoms with Crippen LogP contribution in [0.5, 0.6) is 0 Å². The van der Waals surface area contributed by atoms with Gasteiger partial charge < -0.3 is 4.74 Å². The van der Waals surface area contributed by atoms with Crippen molar-refractivity contribution in [3.63, 3.8) is 0 Å². The zero-order chi connectivity index (χ0) is 9.61. The Labute approximate surface area is 68.8 Å². The van der Waals surface area contributed by atoms with Gasteiger partial charge in [-0.05, 0) is 13.0 Å². The number of allylic oxidation sites excluding steroid dienone is 2. The minimum absolute atomic E-state index is 0.00479. The fraction of sp³-hybridized carbons (Fsp3) is 0.375. The average Bonchev–Trinajstić information content (AvgIpc) is 1.96. The monoisotopic (exact) mass is 178 g/mol. The Morgan fingerprint density at radius 2 is 2.17 bits per heavy atom. The summed E-state index contributed by atoms with van der Waals surface area (Å²) in [6, 6.07) is 0. The molecule has 0 aliphatic carbocycles. The van der Waals surface area contributed by atoms with Gasteiger partial charge in [-0.15, -0.1) is 0 Å². The van der Waals surface area contributed by atoms with E-state index >= 15 is 0 Å². The van der Waals surface area contributed by atoms with Crippen LogP contribution in [-0.4, -0.2) is 12.8 Å². The van der Waals surface area contributed by atoms with Gasteiger partial charge in [0, 0.05) is 6.08 Å². The molecule has 0 fully saturated rings. The van der Waals surface area contributed by atoms with E-state index in [2.05, 4.69) is 12.3 Å². The first-order valence-electron chi connectivity index (χ1n) is 3.28. The minimum Gasteiger partial charge on any atom is -0.486 e. The molecule has 0 aliphatic heterocycles. The lowest BCUT2D eigenvalue weighted by atomic mass is 10.4. The molecule has 0 atom stereocenters. The predicted octanol–water partition coefficient (Wildman–Crippen LogP) is 2.81. The van der Waals surface area contributed by atoms with Crippen molar-refractivity contribution in [3.8, 4) is 0 Å². The first-order chi connectivity index (χ1) is 5.49. The lowest BCUT2D eigenvalue weighted by Crippen LogP contribution is -2.01. The SMILES string of the molecule is C=C=C(/C=C/C(F)(F)F)OCC. The molecule has 68 valence electrons. The fourth-order valence-electron chi connectivity index (χ4n) is 0.484. The molecule has 0 aromatic rings. The van der Waals surface area contributed by atoms with Crippen molar-refractivity contribution in [2.75, 3.05) is 6.61 Å². The molecule has 0 N–H and O–H groups in total. The van der Waals surface area contributed by atoms with Gasteiger partial charge in [-0.1, -0.05) is 12.3 Å². The summed E-state index contributed by atoms with van der Waals surface area (Å²) in [6.07, 6.45) is -3.45. The predicted molar refractivity (Wildman–Crippen MR) is 39.5 cm³/mol. The molecule has 0 spiro atoms. The first-order valence-corrected chi connectivity index (χ1v) is 3.28. The maximum Gasteiger partial charge on any atom is 0.409 e. The average molecular weight is 178 g/mol. The molecule has 0 saturated heterocycles. The standard InChI is InChI=1S/C8H9F3O/c1-3-7(12-4-2)5-6-8(9,10)11/h5-6H,1,4H2,2H3/b6-5+. The molecule has 1 nitrogen and oxygen atoms in total. The van der Waals surface area contributed by atoms with Crippen LogP contribution >= 0.6 is 0 Å². The van der Waals surface area contributed by atoms with E-state index in [1.54, 1.807) is 6.92 Å². The van der Waals surface area contributed by atoms with Crippen LogP contribution in [0, 0.1) is 0 Å². The quantitative estimate of drug-likeness (QED) is 0.367. The van der Waals surface area contributed by atoms with E-state index in [1.807, 2.05) is 0 Å². The van der Waals surface area contributed by atoms with E-state index in [0.717, 1.165) is 6.08 Å². The summed E-state index contributed by atoms with van der Waals surface area (Å²) in [6.45, 7) is 5.13. The summed E-state index contributed by atoms with van der Waals surface area (Å²) >= 11 is 0. The van der Waals surface area contributed by atoms with Crippen LogP contribution in [0.15, 0.2) is 30.2 Å². The minimum atomic E-state index is -4.32. The Bertz CT molecular complexity index is 209. The lowest BCUT2D eigenvalue weighted by Gasteiger charge is -2.01. The van der Waals surface area contributed by atoms with Crippen LogP contribution in [-0.2, 0) is 4.74 Å². The van der Waals surface area contributed by atoms with Gasteiger partial charge in [0.25, 0.3) is 0 Å². The number of rotatable bonds is 3. The van der Waals surface area contributed by atoms with Gasteiger partial charge in [-0.25, -0.2) is 0 Å². The number of alkyl halides is 3. The first kappa shape index (κ1) is 10.8. The summed E-state index contributed by atoms with van der Waals surface area (Å²) in [5.41, 5.74) is 2.23. The fourth-order valence-corrected chi connectivity index (χ4v) is 0.484. The summed E-state index contributed by atoms with van der Waals surface area (Å²) in [5, 5.41) is 0. The Morgan fingerprint density at radius 3 is 2.50 bits per heavy atom. The second-order valence-corrected chi connectivity index (χ2v) is 1.85. The molecule has 0 amide bonds. The van der Waals surface area contributed by atoms with Crippen molar-refractivity contribution in [2.24, 2.45) is 0 Å². The summed E-state index contributed by atoms with van der Waals surface area (Å²) in [7, 11) is 0. The molecule has 0 bridgehead atoms. The van der Waals surface area contributed by atoms with Gasteiger partial charge in [0.1, 0.15) is 0 Å². The van der Waals surface area contributed by atoms with Crippen molar-refractivity contribution in [2.45, 2.75) is 13.1 Å². The third-order valence-electron chi connectivity index (χ3n) is 0.898. The van der Waals surface area contributed by atoms with Crippen molar-refractivity contribution in [1.29, 1.82) is 0 Å². The molecule has 0 aliphatic rings. The molecular formula is C8H9F3O. The number of ether oxygens (including phenoxy) is 1. The van der Waals surface area contributed by atoms with E-state index in [4.69, 9.17) is 4.74 Å². The topological polar surface area (TPSA) is 9.23 Å². The van der Waals surface area contributed by atoms with E-state index in [1.165, 1.54) is 0 Å². The molecular weight excluding hydrogens is 169 g/mol. The Hall–Kier alpha value is -1.15. The van der Waals surface area contributed by atoms with Gasteiger partial charge in [-0.2, -0.15) is 13.2 Å². The normalized spacial score (nSPS) is 11.3. The number of hydrogen-bond donors (Lipinski definition) is 0. The van der Waals surface area contributed by atoms with Crippen molar-refractivity contribution in [1.82, 2.24) is 0 Å². The maximum absolute atomic E-state index is 11.6. The van der Waals surface area contributed by atoms with E-state index in [-0.39, 0.29) is 11.8 Å². The third-order valence-corrected chi connectivity index (χ3v) is 0.898. The molecule has 12 heavy (non-hydrogen) atoms. The van der Waals surface area contributed by atoms with Crippen molar-refractivity contribution < 1.29 is 17.9 Å². The Kier molecular flexibility index (Phi) is 4.22. The molecule has 0 unspecified atom stereocenters. The Morgan fingerprint density at radius 1 is 1.58 bits per heavy atom. The maximum atomic E-state index is 11.6. The molecule has 0 aromatic heterocycles. The van der Waals surface area contributed by atoms with Gasteiger partial charge in [0.2, 0.25) is 0 Å². The van der Waals surface area contributed by atoms with Crippen molar-refractivity contribution in [3.05, 3.63) is 30.2 Å². The zero-order valence-corrected chi connectivity index (χ0v) is 6.61. The van der Waals surface area contributed by atoms with Crippen LogP contribution in [0.1, 0.15) is 6.92 Å². The molecule has 0 rings (SSSR count). The highest BCUT2D eigenvalue weighted by atomic mass is 19.4. The van der Waals surface area contributed by atoms with Gasteiger partial charge in [-0.3, -0.25) is 0 Å². The number of halogens is 3. The highest BCUT2D eigenvalue weighted by Crippen LogP contribution is 2.17. The molecule has 0 saturated carbocycles. The molecule has 0 aromatic carbocycles. The third kappa shape index (κ3) is 5.62. The highest BCUT2D eigenvalue weighted by molar-refractivity contribution is 5.11. The van der Waals surface area contributed by atoms with Crippen LogP contribution < -0.4 is 0 Å². The van der Waals surface area contributed by atoms with E-state index in [0.29, 0.717) is 6.61 Å². The molecule has 0 heterocycles. The molecule has 0 radical (unpaired) electrons. The largest absolute Gasteiger partial charge is 0.486 e. The number of hydrogen-bond acceptors (Lipinski definition) is 1. The van der Waals surface area contributed by atoms with Gasteiger partial charge in [0.15, 0.2) is 5.76 Å². The summed E-state index contributed by atoms with van der Waals surface area (Å²) in [4.78, 5) is 0. The summed E-state index contributed by atoms with van der Waals surface area (Å²) in [5.74, 6) is -0.00479. The van der Waals surface area contributed by atoms with Crippen molar-refractivity contribution >= 4 is 0 Å². The smallest absolute Gasteiger partial charge is 0.409 e. The van der Waals surface area contributed by atoms with Crippen LogP contribution in [0.25, 0.3) is 0 Å². The summed E-state index contributed by atoms with van der Waals surface area (Å²) < 4.78 is 39.5. The van der Waals surface area contributed by atoms with Crippen LogP contribution in [0.4, 0.5) is 13.2 Å².